The summed E-state index contributed by atoms with van der Waals surface area (Å²) in [5.41, 5.74) is 0. The molecule has 0 aliphatic carbocycles. The number of halogens is 1. The van der Waals surface area contributed by atoms with Crippen LogP contribution < -0.4 is 0 Å². The molecule has 0 atom stereocenters. The Balaban J connectivity index is 3.00. The lowest BCUT2D eigenvalue weighted by atomic mass is 10.5. The van der Waals surface area contributed by atoms with Crippen molar-refractivity contribution in [3.63, 3.8) is 0 Å². The van der Waals surface area contributed by atoms with E-state index in [2.05, 4.69) is 4.94 Å². The predicted molar refractivity (Wildman–Crippen MR) is 18.9 cm³/mol. The molecule has 0 unspecified atom stereocenters. The van der Waals surface area contributed by atoms with E-state index in [0.29, 0.717) is 0 Å². The Morgan fingerprint density at radius 3 is 2.57 bits per heavy atom. The summed E-state index contributed by atoms with van der Waals surface area (Å²) in [4.78, 5) is 12.3. The second kappa shape index (κ2) is 3.55. The average molecular weight is 108 g/mol. The highest BCUT2D eigenvalue weighted by Gasteiger charge is 1.97. The number of carbonyl (C=O) groups excluding carboxylic acids is 1. The van der Waals surface area contributed by atoms with Gasteiger partial charge in [0.15, 0.2) is 0 Å². The quantitative estimate of drug-likeness (QED) is 0.532. The molecule has 0 aromatic rings. The molecule has 0 bridgehead atoms. The molecule has 0 saturated carbocycles. The average Bonchev–Trinajstić information content (AvgIpc) is 1.68. The normalized spacial score (nSPS) is 8.29. The van der Waals surface area contributed by atoms with Gasteiger partial charge < -0.3 is 5.11 Å². The minimum Gasteiger partial charge on any atom is -0.396 e. The van der Waals surface area contributed by atoms with Crippen molar-refractivity contribution in [2.45, 2.75) is 6.42 Å². The SMILES string of the molecule is O=C(CCO)OF. The van der Waals surface area contributed by atoms with E-state index in [1.54, 1.807) is 0 Å². The van der Waals surface area contributed by atoms with Crippen LogP contribution in [0.4, 0.5) is 4.53 Å². The van der Waals surface area contributed by atoms with Crippen LogP contribution in [0.25, 0.3) is 0 Å². The third-order valence-electron chi connectivity index (χ3n) is 0.402. The van der Waals surface area contributed by atoms with E-state index in [1.165, 1.54) is 0 Å². The number of hydrogen-bond donors (Lipinski definition) is 1. The van der Waals surface area contributed by atoms with Crippen LogP contribution in [0.5, 0.6) is 0 Å². The van der Waals surface area contributed by atoms with E-state index in [1.807, 2.05) is 0 Å². The summed E-state index contributed by atoms with van der Waals surface area (Å²) in [6.45, 7) is -0.372. The lowest BCUT2D eigenvalue weighted by Crippen LogP contribution is -1.99. The standard InChI is InChI=1S/C3H5FO3/c4-7-3(6)1-2-5/h5H,1-2H2. The van der Waals surface area contributed by atoms with Gasteiger partial charge in [-0.25, -0.2) is 4.79 Å². The van der Waals surface area contributed by atoms with Gasteiger partial charge in [0.1, 0.15) is 0 Å². The number of aliphatic hydroxyl groups is 1. The van der Waals surface area contributed by atoms with Crippen LogP contribution in [0.1, 0.15) is 6.42 Å². The largest absolute Gasteiger partial charge is 0.396 e. The molecule has 3 nitrogen and oxygen atoms in total. The van der Waals surface area contributed by atoms with Gasteiger partial charge in [-0.05, 0) is 0 Å². The van der Waals surface area contributed by atoms with Gasteiger partial charge in [-0.1, -0.05) is 0 Å². The highest BCUT2D eigenvalue weighted by atomic mass is 19.3. The maximum Gasteiger partial charge on any atom is 0.351 e. The Bertz CT molecular complexity index is 63.2. The van der Waals surface area contributed by atoms with Gasteiger partial charge in [-0.2, -0.15) is 0 Å². The van der Waals surface area contributed by atoms with Crippen LogP contribution in [0.2, 0.25) is 0 Å². The van der Waals surface area contributed by atoms with Crippen molar-refractivity contribution in [1.29, 1.82) is 0 Å². The van der Waals surface area contributed by atoms with Gasteiger partial charge in [0.2, 0.25) is 0 Å². The molecule has 0 radical (unpaired) electrons. The molecule has 0 spiro atoms. The maximum atomic E-state index is 10.6. The van der Waals surface area contributed by atoms with E-state index >= 15 is 0 Å². The Morgan fingerprint density at radius 2 is 2.43 bits per heavy atom. The molecule has 7 heavy (non-hydrogen) atoms. The predicted octanol–water partition coefficient (Wildman–Crippen LogP) is -0.203. The highest BCUT2D eigenvalue weighted by Crippen LogP contribution is 1.82. The van der Waals surface area contributed by atoms with E-state index in [9.17, 15) is 9.32 Å². The van der Waals surface area contributed by atoms with Crippen molar-refractivity contribution in [2.75, 3.05) is 6.61 Å². The Hall–Kier alpha value is -0.640. The van der Waals surface area contributed by atoms with Crippen molar-refractivity contribution in [1.82, 2.24) is 0 Å². The van der Waals surface area contributed by atoms with Crippen LogP contribution in [0.15, 0.2) is 0 Å². The van der Waals surface area contributed by atoms with Gasteiger partial charge in [0.25, 0.3) is 0 Å². The van der Waals surface area contributed by atoms with Crippen molar-refractivity contribution in [3.05, 3.63) is 0 Å². The summed E-state index contributed by atoms with van der Waals surface area (Å²) in [5.74, 6) is -1.04. The molecule has 0 aliphatic heterocycles. The zero-order valence-corrected chi connectivity index (χ0v) is 3.56. The van der Waals surface area contributed by atoms with E-state index in [4.69, 9.17) is 5.11 Å². The van der Waals surface area contributed by atoms with Crippen molar-refractivity contribution >= 4 is 5.97 Å². The van der Waals surface area contributed by atoms with E-state index in [0.717, 1.165) is 0 Å². The first-order chi connectivity index (χ1) is 3.31. The second-order valence-corrected chi connectivity index (χ2v) is 0.923. The van der Waals surface area contributed by atoms with Gasteiger partial charge in [-0.15, -0.1) is 0 Å². The molecule has 0 fully saturated rings. The highest BCUT2D eigenvalue weighted by molar-refractivity contribution is 5.68. The first-order valence-electron chi connectivity index (χ1n) is 1.73. The van der Waals surface area contributed by atoms with Crippen molar-refractivity contribution < 1.29 is 19.4 Å². The summed E-state index contributed by atoms with van der Waals surface area (Å²) in [6.07, 6.45) is -0.281. The summed E-state index contributed by atoms with van der Waals surface area (Å²) >= 11 is 0. The topological polar surface area (TPSA) is 46.5 Å². The van der Waals surface area contributed by atoms with Crippen LogP contribution in [0.3, 0.4) is 0 Å². The van der Waals surface area contributed by atoms with Gasteiger partial charge in [0, 0.05) is 4.53 Å². The number of carbonyl (C=O) groups is 1. The lowest BCUT2D eigenvalue weighted by molar-refractivity contribution is -0.184. The lowest BCUT2D eigenvalue weighted by Gasteiger charge is -1.84. The zero-order chi connectivity index (χ0) is 5.70. The molecule has 0 aliphatic rings. The Labute approximate surface area is 39.6 Å². The minimum atomic E-state index is -1.04. The van der Waals surface area contributed by atoms with Crippen LogP contribution in [-0.4, -0.2) is 17.7 Å². The molecule has 0 heterocycles. The van der Waals surface area contributed by atoms with Crippen LogP contribution in [-0.2, 0) is 9.74 Å². The number of aliphatic hydroxyl groups excluding tert-OH is 1. The molecule has 4 heteroatoms. The third kappa shape index (κ3) is 3.18. The molecule has 0 rings (SSSR count). The van der Waals surface area contributed by atoms with Crippen LogP contribution in [0, 0.1) is 0 Å². The molecule has 42 valence electrons. The van der Waals surface area contributed by atoms with Gasteiger partial charge >= 0.3 is 5.97 Å². The molecule has 0 amide bonds. The minimum absolute atomic E-state index is 0.281. The summed E-state index contributed by atoms with van der Waals surface area (Å²) in [7, 11) is 0. The summed E-state index contributed by atoms with van der Waals surface area (Å²) in [6, 6.07) is 0. The monoisotopic (exact) mass is 108 g/mol. The molecule has 0 aromatic carbocycles. The fraction of sp³-hybridized carbons (Fsp3) is 0.667. The fourth-order valence-corrected chi connectivity index (χ4v) is 0.130. The molecule has 0 saturated heterocycles. The summed E-state index contributed by atoms with van der Waals surface area (Å²) in [5, 5.41) is 7.90. The van der Waals surface area contributed by atoms with Crippen LogP contribution >= 0.6 is 0 Å². The van der Waals surface area contributed by atoms with Crippen molar-refractivity contribution in [3.8, 4) is 0 Å². The number of hydrogen-bond acceptors (Lipinski definition) is 3. The molecule has 1 N–H and O–H groups in total. The van der Waals surface area contributed by atoms with Crippen molar-refractivity contribution in [2.24, 2.45) is 0 Å². The maximum absolute atomic E-state index is 10.6. The van der Waals surface area contributed by atoms with Gasteiger partial charge in [-0.3, -0.25) is 4.94 Å². The molecule has 0 aromatic heterocycles. The first kappa shape index (κ1) is 6.36. The summed E-state index contributed by atoms with van der Waals surface area (Å²) < 4.78 is 10.6. The zero-order valence-electron chi connectivity index (χ0n) is 3.56. The van der Waals surface area contributed by atoms with Gasteiger partial charge in [0.05, 0.1) is 13.0 Å². The first-order valence-corrected chi connectivity index (χ1v) is 1.73. The van der Waals surface area contributed by atoms with E-state index < -0.39 is 5.97 Å². The molecular weight excluding hydrogens is 103 g/mol. The molecular formula is C3H5FO3. The smallest absolute Gasteiger partial charge is 0.351 e. The Morgan fingerprint density at radius 1 is 1.86 bits per heavy atom. The number of rotatable bonds is 2. The Kier molecular flexibility index (Phi) is 3.22. The van der Waals surface area contributed by atoms with E-state index in [-0.39, 0.29) is 13.0 Å². The third-order valence-corrected chi connectivity index (χ3v) is 0.402. The second-order valence-electron chi connectivity index (χ2n) is 0.923. The fourth-order valence-electron chi connectivity index (χ4n) is 0.130.